The maximum atomic E-state index is 12.3. The van der Waals surface area contributed by atoms with E-state index in [2.05, 4.69) is 15.8 Å². The molecular weight excluding hydrogens is 534 g/mol. The summed E-state index contributed by atoms with van der Waals surface area (Å²) >= 11 is 0. The number of alkyl carbamates (subject to hydrolysis) is 1. The van der Waals surface area contributed by atoms with Crippen LogP contribution in [0.2, 0.25) is 0 Å². The third kappa shape index (κ3) is 25.2. The third-order valence-electron chi connectivity index (χ3n) is 5.24. The van der Waals surface area contributed by atoms with E-state index in [9.17, 15) is 14.4 Å². The minimum atomic E-state index is -0.655. The summed E-state index contributed by atoms with van der Waals surface area (Å²) in [5, 5.41) is 8.39. The smallest absolute Gasteiger partial charge is 0.407 e. The highest BCUT2D eigenvalue weighted by Gasteiger charge is 2.28. The number of amides is 2. The molecule has 0 aliphatic carbocycles. The van der Waals surface area contributed by atoms with E-state index < -0.39 is 29.3 Å². The van der Waals surface area contributed by atoms with Crippen molar-refractivity contribution in [3.8, 4) is 0 Å². The quantitative estimate of drug-likeness (QED) is 0.123. The predicted octanol–water partition coefficient (Wildman–Crippen LogP) is 3.79. The zero-order valence-corrected chi connectivity index (χ0v) is 27.1. The van der Waals surface area contributed by atoms with Crippen LogP contribution in [0.15, 0.2) is 5.16 Å². The van der Waals surface area contributed by atoms with Crippen LogP contribution in [-0.2, 0) is 38.1 Å². The van der Waals surface area contributed by atoms with Gasteiger partial charge in [0.05, 0.1) is 42.1 Å². The molecule has 1 unspecified atom stereocenters. The summed E-state index contributed by atoms with van der Waals surface area (Å²) in [5.74, 6) is -0.735. The molecule has 0 fully saturated rings. The van der Waals surface area contributed by atoms with Crippen LogP contribution in [0.3, 0.4) is 0 Å². The molecule has 0 aromatic rings. The van der Waals surface area contributed by atoms with Gasteiger partial charge < -0.3 is 39.2 Å². The van der Waals surface area contributed by atoms with Crippen molar-refractivity contribution >= 4 is 24.0 Å². The first-order valence-corrected chi connectivity index (χ1v) is 14.1. The molecule has 2 N–H and O–H groups in total. The van der Waals surface area contributed by atoms with E-state index in [1.807, 2.05) is 69.2 Å². The Balaban J connectivity index is 4.83. The Kier molecular flexibility index (Phi) is 17.3. The van der Waals surface area contributed by atoms with Gasteiger partial charge >= 0.3 is 6.09 Å². The second-order valence-electron chi connectivity index (χ2n) is 13.0. The molecular formula is C29H55N3O9. The molecule has 1 atom stereocenters. The van der Waals surface area contributed by atoms with Crippen LogP contribution < -0.4 is 10.6 Å². The van der Waals surface area contributed by atoms with Crippen LogP contribution in [0, 0.1) is 0 Å². The molecule has 0 saturated carbocycles. The molecule has 12 heteroatoms. The molecule has 2 amide bonds. The van der Waals surface area contributed by atoms with Crippen molar-refractivity contribution < 1.29 is 42.9 Å². The van der Waals surface area contributed by atoms with E-state index in [1.165, 1.54) is 6.92 Å². The summed E-state index contributed by atoms with van der Waals surface area (Å²) in [4.78, 5) is 39.5. The van der Waals surface area contributed by atoms with E-state index in [4.69, 9.17) is 28.5 Å². The number of carbonyl (C=O) groups is 3. The van der Waals surface area contributed by atoms with Crippen molar-refractivity contribution in [2.24, 2.45) is 5.16 Å². The number of ether oxygens (including phenoxy) is 5. The van der Waals surface area contributed by atoms with E-state index in [-0.39, 0.29) is 49.9 Å². The van der Waals surface area contributed by atoms with Gasteiger partial charge in [-0.05, 0) is 89.0 Å². The third-order valence-corrected chi connectivity index (χ3v) is 5.24. The van der Waals surface area contributed by atoms with Gasteiger partial charge in [0, 0.05) is 13.2 Å². The molecule has 0 aromatic carbocycles. The van der Waals surface area contributed by atoms with Gasteiger partial charge in [-0.25, -0.2) is 4.79 Å². The van der Waals surface area contributed by atoms with Crippen molar-refractivity contribution in [1.82, 2.24) is 10.6 Å². The minimum absolute atomic E-state index is 0.0141. The Morgan fingerprint density at radius 3 is 1.85 bits per heavy atom. The molecule has 0 saturated heterocycles. The van der Waals surface area contributed by atoms with Crippen molar-refractivity contribution in [1.29, 1.82) is 0 Å². The number of nitrogens with one attached hydrogen (secondary N) is 2. The number of hydrogen-bond acceptors (Lipinski definition) is 10. The van der Waals surface area contributed by atoms with E-state index in [0.29, 0.717) is 26.1 Å². The molecule has 0 aliphatic heterocycles. The lowest BCUT2D eigenvalue weighted by molar-refractivity contribution is -0.156. The second-order valence-corrected chi connectivity index (χ2v) is 13.0. The van der Waals surface area contributed by atoms with Crippen molar-refractivity contribution in [2.45, 2.75) is 118 Å². The van der Waals surface area contributed by atoms with E-state index >= 15 is 0 Å². The normalized spacial score (nSPS) is 13.6. The Hall–Kier alpha value is -2.28. The van der Waals surface area contributed by atoms with Gasteiger partial charge in [0.25, 0.3) is 5.91 Å². The number of hydrogen-bond donors (Lipinski definition) is 2. The second kappa shape index (κ2) is 18.3. The minimum Gasteiger partial charge on any atom is -0.447 e. The fraction of sp³-hybridized carbons (Fsp3) is 0.862. The van der Waals surface area contributed by atoms with Gasteiger partial charge in [0.15, 0.2) is 0 Å². The summed E-state index contributed by atoms with van der Waals surface area (Å²) in [6, 6.07) is 0. The first-order chi connectivity index (χ1) is 18.7. The standard InChI is InChI=1S/C29H55N3O9/c1-22(33)18-31-24(34)19-32-40-17-14-30-25(35)36-20-23(41-29(10,11)13-16-38-27(5,6)7)21-39-28(8,9)12-15-37-26(2,3)4/h19,23H,12-18,20-21H2,1-11H3,(H,30,35)(H,31,34). The van der Waals surface area contributed by atoms with Crippen molar-refractivity contribution in [3.05, 3.63) is 0 Å². The van der Waals surface area contributed by atoms with Crippen LogP contribution in [0.25, 0.3) is 0 Å². The maximum absolute atomic E-state index is 12.3. The van der Waals surface area contributed by atoms with Crippen LogP contribution in [-0.4, -0.2) is 98.6 Å². The summed E-state index contributed by atoms with van der Waals surface area (Å²) in [6.07, 6.45) is 1.05. The highest BCUT2D eigenvalue weighted by Crippen LogP contribution is 2.22. The summed E-state index contributed by atoms with van der Waals surface area (Å²) in [6.45, 7) is 22.6. The van der Waals surface area contributed by atoms with Crippen molar-refractivity contribution in [2.75, 3.05) is 46.1 Å². The first-order valence-electron chi connectivity index (χ1n) is 14.1. The molecule has 0 bridgehead atoms. The largest absolute Gasteiger partial charge is 0.447 e. The molecule has 0 rings (SSSR count). The molecule has 0 spiro atoms. The van der Waals surface area contributed by atoms with E-state index in [0.717, 1.165) is 6.21 Å². The Bertz CT molecular complexity index is 815. The number of carbonyl (C=O) groups excluding carboxylic acids is 3. The van der Waals surface area contributed by atoms with Crippen LogP contribution in [0.1, 0.15) is 89.0 Å². The van der Waals surface area contributed by atoms with Crippen LogP contribution >= 0.6 is 0 Å². The highest BCUT2D eigenvalue weighted by molar-refractivity contribution is 6.26. The monoisotopic (exact) mass is 589 g/mol. The average molecular weight is 590 g/mol. The number of rotatable bonds is 20. The fourth-order valence-corrected chi connectivity index (χ4v) is 3.04. The molecule has 0 aromatic heterocycles. The van der Waals surface area contributed by atoms with Crippen molar-refractivity contribution in [3.63, 3.8) is 0 Å². The molecule has 0 aliphatic rings. The van der Waals surface area contributed by atoms with Crippen LogP contribution in [0.5, 0.6) is 0 Å². The van der Waals surface area contributed by atoms with Gasteiger partial charge in [-0.1, -0.05) is 5.16 Å². The fourth-order valence-electron chi connectivity index (χ4n) is 3.04. The molecule has 0 heterocycles. The van der Waals surface area contributed by atoms with Gasteiger partial charge in [-0.3, -0.25) is 9.59 Å². The zero-order valence-electron chi connectivity index (χ0n) is 27.1. The van der Waals surface area contributed by atoms with Gasteiger partial charge in [0.1, 0.15) is 31.3 Å². The lowest BCUT2D eigenvalue weighted by Gasteiger charge is -2.34. The number of nitrogens with zero attached hydrogens (tertiary/aromatic N) is 1. The van der Waals surface area contributed by atoms with Gasteiger partial charge in [-0.2, -0.15) is 0 Å². The molecule has 0 radical (unpaired) electrons. The summed E-state index contributed by atoms with van der Waals surface area (Å²) in [7, 11) is 0. The highest BCUT2D eigenvalue weighted by atomic mass is 16.6. The summed E-state index contributed by atoms with van der Waals surface area (Å²) in [5.41, 5.74) is -1.52. The SMILES string of the molecule is CC(=O)CNC(=O)C=NOCCNC(=O)OCC(COC(C)(C)CCOC(C)(C)C)OC(C)(C)CCOC(C)(C)C. The van der Waals surface area contributed by atoms with E-state index in [1.54, 1.807) is 0 Å². The lowest BCUT2D eigenvalue weighted by Crippen LogP contribution is -2.41. The molecule has 41 heavy (non-hydrogen) atoms. The molecule has 12 nitrogen and oxygen atoms in total. The maximum Gasteiger partial charge on any atom is 0.407 e. The Labute approximate surface area is 246 Å². The Morgan fingerprint density at radius 2 is 1.32 bits per heavy atom. The van der Waals surface area contributed by atoms with Gasteiger partial charge in [0.2, 0.25) is 0 Å². The predicted molar refractivity (Wildman–Crippen MR) is 157 cm³/mol. The summed E-state index contributed by atoms with van der Waals surface area (Å²) < 4.78 is 29.6. The molecule has 240 valence electrons. The number of oxime groups is 1. The average Bonchev–Trinajstić information content (AvgIpc) is 2.79. The zero-order chi connectivity index (χ0) is 31.7. The number of Topliss-reactive ketones (excluding diaryl/α,β-unsaturated/α-hetero) is 1. The lowest BCUT2D eigenvalue weighted by atomic mass is 10.0. The van der Waals surface area contributed by atoms with Gasteiger partial charge in [-0.15, -0.1) is 0 Å². The first kappa shape index (κ1) is 38.7. The topological polar surface area (TPSA) is 143 Å². The van der Waals surface area contributed by atoms with Crippen LogP contribution in [0.4, 0.5) is 4.79 Å². The Morgan fingerprint density at radius 1 is 0.756 bits per heavy atom. The number of ketones is 1.